The molecule has 2 aromatic heterocycles. The second-order valence-corrected chi connectivity index (χ2v) is 6.14. The molecule has 0 atom stereocenters. The van der Waals surface area contributed by atoms with Crippen molar-refractivity contribution in [3.05, 3.63) is 23.1 Å². The monoisotopic (exact) mass is 280 g/mol. The molecular weight excluding hydrogens is 260 g/mol. The van der Waals surface area contributed by atoms with E-state index in [1.807, 2.05) is 19.9 Å². The number of pyridine rings is 1. The van der Waals surface area contributed by atoms with Crippen molar-refractivity contribution >= 4 is 22.8 Å². The second kappa shape index (κ2) is 5.47. The number of aromatic nitrogens is 3. The third-order valence-electron chi connectivity index (χ3n) is 2.95. The molecule has 0 saturated carbocycles. The van der Waals surface area contributed by atoms with Crippen LogP contribution in [0, 0.1) is 0 Å². The molecule has 0 aliphatic carbocycles. The molecule has 2 aromatic rings. The molecular formula is C14H21ClN4. The smallest absolute Gasteiger partial charge is 0.160 e. The summed E-state index contributed by atoms with van der Waals surface area (Å²) in [5.41, 5.74) is 7.57. The van der Waals surface area contributed by atoms with Gasteiger partial charge < -0.3 is 10.3 Å². The molecule has 2 N–H and O–H groups in total. The lowest BCUT2D eigenvalue weighted by atomic mass is 10.1. The van der Waals surface area contributed by atoms with Crippen molar-refractivity contribution < 1.29 is 0 Å². The zero-order chi connectivity index (χ0) is 14.0. The van der Waals surface area contributed by atoms with Crippen LogP contribution >= 0.6 is 11.6 Å². The van der Waals surface area contributed by atoms with E-state index in [4.69, 9.17) is 17.3 Å². The fourth-order valence-corrected chi connectivity index (χ4v) is 2.28. The predicted octanol–water partition coefficient (Wildman–Crippen LogP) is 3.16. The van der Waals surface area contributed by atoms with Crippen LogP contribution in [0.5, 0.6) is 0 Å². The first-order valence-corrected chi connectivity index (χ1v) is 7.08. The molecule has 19 heavy (non-hydrogen) atoms. The van der Waals surface area contributed by atoms with Crippen LogP contribution in [0.1, 0.15) is 39.4 Å². The van der Waals surface area contributed by atoms with Crippen molar-refractivity contribution in [2.45, 2.75) is 52.1 Å². The minimum absolute atomic E-state index is 0.296. The number of nitrogens with zero attached hydrogens (tertiary/aromatic N) is 3. The van der Waals surface area contributed by atoms with Crippen LogP contribution in [0.4, 0.5) is 0 Å². The lowest BCUT2D eigenvalue weighted by Crippen LogP contribution is -2.37. The first-order valence-electron chi connectivity index (χ1n) is 6.70. The average Bonchev–Trinajstić information content (AvgIpc) is 2.62. The van der Waals surface area contributed by atoms with Gasteiger partial charge in [-0.05, 0) is 26.3 Å². The Bertz CT molecular complexity index is 569. The highest BCUT2D eigenvalue weighted by atomic mass is 35.5. The molecule has 0 unspecified atom stereocenters. The summed E-state index contributed by atoms with van der Waals surface area (Å²) < 4.78 is 2.13. The molecule has 104 valence electrons. The highest BCUT2D eigenvalue weighted by molar-refractivity contribution is 6.31. The van der Waals surface area contributed by atoms with E-state index < -0.39 is 0 Å². The highest BCUT2D eigenvalue weighted by Gasteiger charge is 2.18. The summed E-state index contributed by atoms with van der Waals surface area (Å²) in [7, 11) is 0. The van der Waals surface area contributed by atoms with E-state index in [1.54, 1.807) is 6.20 Å². The van der Waals surface area contributed by atoms with Gasteiger partial charge in [-0.3, -0.25) is 0 Å². The van der Waals surface area contributed by atoms with E-state index in [0.29, 0.717) is 11.6 Å². The van der Waals surface area contributed by atoms with Gasteiger partial charge in [0.2, 0.25) is 0 Å². The first-order chi connectivity index (χ1) is 8.90. The maximum absolute atomic E-state index is 6.14. The van der Waals surface area contributed by atoms with Gasteiger partial charge in [0.1, 0.15) is 11.3 Å². The molecule has 0 aliphatic rings. The second-order valence-electron chi connectivity index (χ2n) is 5.70. The van der Waals surface area contributed by atoms with Crippen LogP contribution in [0.3, 0.4) is 0 Å². The Morgan fingerprint density at radius 2 is 2.16 bits per heavy atom. The molecule has 0 amide bonds. The molecule has 0 radical (unpaired) electrons. The number of halogens is 1. The molecule has 2 heterocycles. The van der Waals surface area contributed by atoms with Crippen LogP contribution in [0.15, 0.2) is 12.3 Å². The SMILES string of the molecule is CCCCc1nc2cc(Cl)cnc2n1CC(C)(C)N. The summed E-state index contributed by atoms with van der Waals surface area (Å²) in [6, 6.07) is 1.86. The van der Waals surface area contributed by atoms with Crippen LogP contribution in [0.25, 0.3) is 11.2 Å². The number of hydrogen-bond donors (Lipinski definition) is 1. The van der Waals surface area contributed by atoms with Gasteiger partial charge in [0.05, 0.1) is 5.02 Å². The lowest BCUT2D eigenvalue weighted by Gasteiger charge is -2.21. The Kier molecular flexibility index (Phi) is 4.11. The van der Waals surface area contributed by atoms with Gasteiger partial charge in [-0.15, -0.1) is 0 Å². The molecule has 2 rings (SSSR count). The summed E-state index contributed by atoms with van der Waals surface area (Å²) in [6.45, 7) is 6.91. The minimum Gasteiger partial charge on any atom is -0.324 e. The Balaban J connectivity index is 2.48. The number of unbranched alkanes of at least 4 members (excludes halogenated alkanes) is 1. The zero-order valence-corrected chi connectivity index (χ0v) is 12.5. The van der Waals surface area contributed by atoms with Crippen LogP contribution in [-0.2, 0) is 13.0 Å². The van der Waals surface area contributed by atoms with Crippen LogP contribution < -0.4 is 5.73 Å². The maximum atomic E-state index is 6.14. The van der Waals surface area contributed by atoms with Gasteiger partial charge in [0.25, 0.3) is 0 Å². The van der Waals surface area contributed by atoms with Crippen molar-refractivity contribution in [1.29, 1.82) is 0 Å². The first kappa shape index (κ1) is 14.3. The fourth-order valence-electron chi connectivity index (χ4n) is 2.13. The predicted molar refractivity (Wildman–Crippen MR) is 79.4 cm³/mol. The third-order valence-corrected chi connectivity index (χ3v) is 3.16. The Morgan fingerprint density at radius 1 is 1.42 bits per heavy atom. The van der Waals surface area contributed by atoms with E-state index in [1.165, 1.54) is 0 Å². The average molecular weight is 281 g/mol. The fraction of sp³-hybridized carbons (Fsp3) is 0.571. The number of nitrogens with two attached hydrogens (primary N) is 1. The van der Waals surface area contributed by atoms with E-state index in [9.17, 15) is 0 Å². The number of hydrogen-bond acceptors (Lipinski definition) is 3. The van der Waals surface area contributed by atoms with Crippen molar-refractivity contribution in [2.24, 2.45) is 5.73 Å². The van der Waals surface area contributed by atoms with E-state index in [0.717, 1.165) is 36.3 Å². The van der Waals surface area contributed by atoms with Crippen LogP contribution in [-0.4, -0.2) is 20.1 Å². The van der Waals surface area contributed by atoms with E-state index in [-0.39, 0.29) is 5.54 Å². The minimum atomic E-state index is -0.296. The van der Waals surface area contributed by atoms with Crippen molar-refractivity contribution in [2.75, 3.05) is 0 Å². The van der Waals surface area contributed by atoms with E-state index >= 15 is 0 Å². The maximum Gasteiger partial charge on any atom is 0.160 e. The molecule has 0 saturated heterocycles. The van der Waals surface area contributed by atoms with Gasteiger partial charge in [-0.2, -0.15) is 0 Å². The summed E-state index contributed by atoms with van der Waals surface area (Å²) in [4.78, 5) is 9.06. The number of imidazole rings is 1. The van der Waals surface area contributed by atoms with Gasteiger partial charge in [0.15, 0.2) is 5.65 Å². The molecule has 4 nitrogen and oxygen atoms in total. The number of fused-ring (bicyclic) bond motifs is 1. The van der Waals surface area contributed by atoms with Gasteiger partial charge in [-0.25, -0.2) is 9.97 Å². The summed E-state index contributed by atoms with van der Waals surface area (Å²) in [6.07, 6.45) is 4.86. The largest absolute Gasteiger partial charge is 0.324 e. The molecule has 0 aromatic carbocycles. The molecule has 5 heteroatoms. The highest BCUT2D eigenvalue weighted by Crippen LogP contribution is 2.21. The number of rotatable bonds is 5. The van der Waals surface area contributed by atoms with Crippen molar-refractivity contribution in [3.63, 3.8) is 0 Å². The lowest BCUT2D eigenvalue weighted by molar-refractivity contribution is 0.429. The molecule has 0 spiro atoms. The summed E-state index contributed by atoms with van der Waals surface area (Å²) in [5, 5.41) is 0.617. The van der Waals surface area contributed by atoms with Gasteiger partial charge in [-0.1, -0.05) is 24.9 Å². The molecule has 0 aliphatic heterocycles. The molecule has 0 bridgehead atoms. The third kappa shape index (κ3) is 3.45. The van der Waals surface area contributed by atoms with Crippen molar-refractivity contribution in [1.82, 2.24) is 14.5 Å². The Morgan fingerprint density at radius 3 is 2.79 bits per heavy atom. The van der Waals surface area contributed by atoms with Crippen LogP contribution in [0.2, 0.25) is 5.02 Å². The van der Waals surface area contributed by atoms with Gasteiger partial charge >= 0.3 is 0 Å². The molecule has 0 fully saturated rings. The topological polar surface area (TPSA) is 56.7 Å². The Hall–Kier alpha value is -1.13. The quantitative estimate of drug-likeness (QED) is 0.915. The zero-order valence-electron chi connectivity index (χ0n) is 11.8. The van der Waals surface area contributed by atoms with Crippen molar-refractivity contribution in [3.8, 4) is 0 Å². The summed E-state index contributed by atoms with van der Waals surface area (Å²) in [5.74, 6) is 1.05. The summed E-state index contributed by atoms with van der Waals surface area (Å²) >= 11 is 5.98. The van der Waals surface area contributed by atoms with Gasteiger partial charge in [0, 0.05) is 24.7 Å². The normalized spacial score (nSPS) is 12.3. The Labute approximate surface area is 119 Å². The van der Waals surface area contributed by atoms with E-state index in [2.05, 4.69) is 21.5 Å². The standard InChI is InChI=1S/C14H21ClN4/c1-4-5-6-12-18-11-7-10(15)8-17-13(11)19(12)9-14(2,3)16/h7-8H,4-6,9,16H2,1-3H3. The number of aryl methyl sites for hydroxylation is 1.